The maximum atomic E-state index is 13.2. The minimum atomic E-state index is -0.407. The molecule has 1 unspecified atom stereocenters. The smallest absolute Gasteiger partial charge is 0.318 e. The quantitative estimate of drug-likeness (QED) is 0.659. The van der Waals surface area contributed by atoms with Crippen molar-refractivity contribution >= 4 is 11.7 Å². The largest absolute Gasteiger partial charge is 0.426 e. The van der Waals surface area contributed by atoms with Crippen molar-refractivity contribution in [1.82, 2.24) is 0 Å². The zero-order valence-corrected chi connectivity index (χ0v) is 14.5. The van der Waals surface area contributed by atoms with Crippen molar-refractivity contribution in [2.24, 2.45) is 5.41 Å². The molecule has 0 N–H and O–H groups in total. The molecule has 4 rings (SSSR count). The fraction of sp³-hybridized carbons (Fsp3) is 0.348. The van der Waals surface area contributed by atoms with Crippen LogP contribution in [-0.4, -0.2) is 5.97 Å². The van der Waals surface area contributed by atoms with Crippen molar-refractivity contribution in [3.8, 4) is 0 Å². The molecule has 1 atom stereocenters. The molecule has 1 aliphatic heterocycles. The summed E-state index contributed by atoms with van der Waals surface area (Å²) in [6.07, 6.45) is 8.67. The van der Waals surface area contributed by atoms with E-state index in [4.69, 9.17) is 4.74 Å². The predicted octanol–water partition coefficient (Wildman–Crippen LogP) is 5.71. The lowest BCUT2D eigenvalue weighted by molar-refractivity contribution is -0.151. The van der Waals surface area contributed by atoms with Crippen LogP contribution in [0.2, 0.25) is 0 Å². The van der Waals surface area contributed by atoms with Crippen LogP contribution in [0.25, 0.3) is 5.76 Å². The number of allylic oxidation sites excluding steroid dienone is 1. The Balaban J connectivity index is 1.82. The van der Waals surface area contributed by atoms with Gasteiger partial charge in [-0.05, 0) is 24.5 Å². The number of carbonyl (C=O) groups excluding carboxylic acids is 1. The number of hydrogen-bond donors (Lipinski definition) is 0. The van der Waals surface area contributed by atoms with Gasteiger partial charge in [-0.3, -0.25) is 4.79 Å². The van der Waals surface area contributed by atoms with E-state index in [1.54, 1.807) is 0 Å². The van der Waals surface area contributed by atoms with Gasteiger partial charge in [0, 0.05) is 11.5 Å². The summed E-state index contributed by atoms with van der Waals surface area (Å²) in [4.78, 5) is 13.2. The first-order valence-electron chi connectivity index (χ1n) is 9.34. The van der Waals surface area contributed by atoms with Crippen LogP contribution in [0.1, 0.15) is 55.6 Å². The Bertz CT molecular complexity index is 753. The summed E-state index contributed by atoms with van der Waals surface area (Å²) in [6, 6.07) is 20.4. The van der Waals surface area contributed by atoms with Crippen LogP contribution in [0.3, 0.4) is 0 Å². The Morgan fingerprint density at radius 3 is 2.04 bits per heavy atom. The van der Waals surface area contributed by atoms with E-state index in [1.807, 2.05) is 36.4 Å². The van der Waals surface area contributed by atoms with Gasteiger partial charge in [0.25, 0.3) is 0 Å². The van der Waals surface area contributed by atoms with E-state index < -0.39 is 5.41 Å². The standard InChI is InChI=1S/C23H24O2/c24-22-23(15-9-1-2-10-16-23)20(18-11-5-3-6-12-18)17-21(25-22)19-13-7-4-8-14-19/h3-8,11-14,17,20H,1-2,9-10,15-16H2. The number of hydrogen-bond acceptors (Lipinski definition) is 2. The van der Waals surface area contributed by atoms with Crippen LogP contribution in [0.15, 0.2) is 66.7 Å². The van der Waals surface area contributed by atoms with Gasteiger partial charge in [0.1, 0.15) is 5.76 Å². The lowest BCUT2D eigenvalue weighted by Gasteiger charge is -2.40. The van der Waals surface area contributed by atoms with Gasteiger partial charge in [0.05, 0.1) is 5.41 Å². The molecule has 1 heterocycles. The average Bonchev–Trinajstić information content (AvgIpc) is 2.92. The maximum absolute atomic E-state index is 13.2. The monoisotopic (exact) mass is 332 g/mol. The summed E-state index contributed by atoms with van der Waals surface area (Å²) in [7, 11) is 0. The summed E-state index contributed by atoms with van der Waals surface area (Å²) in [5.41, 5.74) is 1.78. The van der Waals surface area contributed by atoms with Crippen molar-refractivity contribution < 1.29 is 9.53 Å². The molecule has 25 heavy (non-hydrogen) atoms. The van der Waals surface area contributed by atoms with Gasteiger partial charge in [0.2, 0.25) is 0 Å². The van der Waals surface area contributed by atoms with E-state index >= 15 is 0 Å². The lowest BCUT2D eigenvalue weighted by Crippen LogP contribution is -2.40. The summed E-state index contributed by atoms with van der Waals surface area (Å²) in [5.74, 6) is 0.752. The van der Waals surface area contributed by atoms with Crippen molar-refractivity contribution in [2.45, 2.75) is 44.4 Å². The Hall–Kier alpha value is -2.35. The first-order valence-corrected chi connectivity index (χ1v) is 9.34. The molecule has 1 spiro atoms. The van der Waals surface area contributed by atoms with Gasteiger partial charge in [-0.1, -0.05) is 86.3 Å². The third-order valence-corrected chi connectivity index (χ3v) is 5.74. The Morgan fingerprint density at radius 2 is 1.40 bits per heavy atom. The van der Waals surface area contributed by atoms with Crippen LogP contribution in [-0.2, 0) is 9.53 Å². The highest BCUT2D eigenvalue weighted by molar-refractivity contribution is 5.87. The Labute approximate surface area is 149 Å². The molecule has 0 saturated heterocycles. The van der Waals surface area contributed by atoms with E-state index in [-0.39, 0.29) is 11.9 Å². The zero-order chi connectivity index (χ0) is 17.1. The van der Waals surface area contributed by atoms with Crippen LogP contribution >= 0.6 is 0 Å². The van der Waals surface area contributed by atoms with Gasteiger partial charge in [-0.25, -0.2) is 0 Å². The highest BCUT2D eigenvalue weighted by Gasteiger charge is 2.49. The molecule has 0 radical (unpaired) electrons. The fourth-order valence-electron chi connectivity index (χ4n) is 4.38. The van der Waals surface area contributed by atoms with Crippen molar-refractivity contribution in [1.29, 1.82) is 0 Å². The van der Waals surface area contributed by atoms with Crippen LogP contribution < -0.4 is 0 Å². The molecular formula is C23H24O2. The Morgan fingerprint density at radius 1 is 0.800 bits per heavy atom. The highest BCUT2D eigenvalue weighted by atomic mass is 16.5. The van der Waals surface area contributed by atoms with E-state index in [9.17, 15) is 4.79 Å². The third kappa shape index (κ3) is 3.02. The number of cyclic esters (lactones) is 1. The first kappa shape index (κ1) is 16.1. The number of benzene rings is 2. The van der Waals surface area contributed by atoms with Gasteiger partial charge in [0.15, 0.2) is 0 Å². The topological polar surface area (TPSA) is 26.3 Å². The summed E-state index contributed by atoms with van der Waals surface area (Å²) in [6.45, 7) is 0. The molecule has 1 saturated carbocycles. The minimum absolute atomic E-state index is 0.0374. The average molecular weight is 332 g/mol. The van der Waals surface area contributed by atoms with E-state index in [0.717, 1.165) is 31.2 Å². The molecule has 1 fully saturated rings. The second kappa shape index (κ2) is 6.87. The molecule has 2 aromatic carbocycles. The highest BCUT2D eigenvalue weighted by Crippen LogP contribution is 2.52. The summed E-state index contributed by atoms with van der Waals surface area (Å²) in [5, 5.41) is 0. The minimum Gasteiger partial charge on any atom is -0.426 e. The SMILES string of the molecule is O=C1OC(c2ccccc2)=CC(c2ccccc2)C12CCCCCC2. The number of esters is 1. The van der Waals surface area contributed by atoms with Gasteiger partial charge < -0.3 is 4.74 Å². The maximum Gasteiger partial charge on any atom is 0.318 e. The van der Waals surface area contributed by atoms with E-state index in [2.05, 4.69) is 30.3 Å². The van der Waals surface area contributed by atoms with Crippen molar-refractivity contribution in [3.05, 3.63) is 77.9 Å². The van der Waals surface area contributed by atoms with E-state index in [1.165, 1.54) is 18.4 Å². The van der Waals surface area contributed by atoms with Crippen LogP contribution in [0, 0.1) is 5.41 Å². The molecule has 2 aliphatic rings. The third-order valence-electron chi connectivity index (χ3n) is 5.74. The van der Waals surface area contributed by atoms with Gasteiger partial charge in [-0.15, -0.1) is 0 Å². The number of ether oxygens (including phenoxy) is 1. The molecule has 2 heteroatoms. The second-order valence-electron chi connectivity index (χ2n) is 7.25. The molecular weight excluding hydrogens is 308 g/mol. The lowest BCUT2D eigenvalue weighted by atomic mass is 9.66. The van der Waals surface area contributed by atoms with Gasteiger partial charge in [-0.2, -0.15) is 0 Å². The predicted molar refractivity (Wildman–Crippen MR) is 99.8 cm³/mol. The molecule has 2 nitrogen and oxygen atoms in total. The zero-order valence-electron chi connectivity index (χ0n) is 14.5. The van der Waals surface area contributed by atoms with E-state index in [0.29, 0.717) is 5.76 Å². The van der Waals surface area contributed by atoms with Crippen molar-refractivity contribution in [3.63, 3.8) is 0 Å². The molecule has 128 valence electrons. The number of carbonyl (C=O) groups is 1. The first-order chi connectivity index (χ1) is 12.3. The second-order valence-corrected chi connectivity index (χ2v) is 7.25. The summed E-state index contributed by atoms with van der Waals surface area (Å²) >= 11 is 0. The van der Waals surface area contributed by atoms with Crippen molar-refractivity contribution in [2.75, 3.05) is 0 Å². The molecule has 1 aliphatic carbocycles. The molecule has 0 amide bonds. The van der Waals surface area contributed by atoms with Crippen LogP contribution in [0.5, 0.6) is 0 Å². The molecule has 0 bridgehead atoms. The summed E-state index contributed by atoms with van der Waals surface area (Å²) < 4.78 is 5.90. The fourth-order valence-corrected chi connectivity index (χ4v) is 4.38. The normalized spacial score (nSPS) is 22.8. The van der Waals surface area contributed by atoms with Gasteiger partial charge >= 0.3 is 5.97 Å². The number of rotatable bonds is 2. The molecule has 2 aromatic rings. The molecule has 0 aromatic heterocycles. The van der Waals surface area contributed by atoms with Crippen LogP contribution in [0.4, 0.5) is 0 Å². The Kier molecular flexibility index (Phi) is 4.44.